The smallest absolute Gasteiger partial charge is 0.133 e. The highest BCUT2D eigenvalue weighted by Crippen LogP contribution is 2.28. The van der Waals surface area contributed by atoms with Crippen molar-refractivity contribution in [3.05, 3.63) is 60.2 Å². The number of pyridine rings is 1. The molecule has 0 aliphatic carbocycles. The first-order valence-electron chi connectivity index (χ1n) is 13.2. The lowest BCUT2D eigenvalue weighted by atomic mass is 9.91. The van der Waals surface area contributed by atoms with E-state index < -0.39 is 5.67 Å². The summed E-state index contributed by atoms with van der Waals surface area (Å²) in [4.78, 5) is 9.03. The number of rotatable bonds is 11. The summed E-state index contributed by atoms with van der Waals surface area (Å²) in [5.74, 6) is 0.907. The number of aryl methyl sites for hydroxylation is 1. The average Bonchev–Trinajstić information content (AvgIpc) is 2.81. The molecule has 2 aromatic rings. The molecule has 1 aliphatic rings. The molecule has 1 aromatic carbocycles. The van der Waals surface area contributed by atoms with E-state index in [-0.39, 0.29) is 5.82 Å². The predicted octanol–water partition coefficient (Wildman–Crippen LogP) is 7.23. The molecule has 1 fully saturated rings. The Labute approximate surface area is 211 Å². The van der Waals surface area contributed by atoms with Crippen LogP contribution in [0.2, 0.25) is 0 Å². The Hall–Kier alpha value is -2.27. The van der Waals surface area contributed by atoms with Crippen LogP contribution < -0.4 is 0 Å². The minimum Gasteiger partial charge on any atom is -0.371 e. The molecule has 35 heavy (non-hydrogen) atoms. The fourth-order valence-electron chi connectivity index (χ4n) is 5.03. The number of alkyl halides is 1. The van der Waals surface area contributed by atoms with Crippen LogP contribution in [0.25, 0.3) is 16.8 Å². The van der Waals surface area contributed by atoms with Crippen LogP contribution in [0.1, 0.15) is 65.1 Å². The molecule has 0 saturated carbocycles. The second-order valence-electron chi connectivity index (χ2n) is 11.1. The van der Waals surface area contributed by atoms with Gasteiger partial charge in [-0.25, -0.2) is 8.78 Å². The monoisotopic (exact) mass is 483 g/mol. The highest BCUT2D eigenvalue weighted by Gasteiger charge is 2.25. The summed E-state index contributed by atoms with van der Waals surface area (Å²) in [6.45, 7) is 18.0. The van der Waals surface area contributed by atoms with Crippen LogP contribution >= 0.6 is 0 Å². The van der Waals surface area contributed by atoms with E-state index in [0.29, 0.717) is 23.9 Å². The van der Waals surface area contributed by atoms with Crippen molar-refractivity contribution in [2.45, 2.75) is 66.0 Å². The van der Waals surface area contributed by atoms with E-state index in [9.17, 15) is 4.39 Å². The first-order chi connectivity index (χ1) is 16.6. The molecule has 0 N–H and O–H groups in total. The number of benzene rings is 1. The van der Waals surface area contributed by atoms with E-state index in [1.54, 1.807) is 19.9 Å². The summed E-state index contributed by atoms with van der Waals surface area (Å²) < 4.78 is 28.9. The van der Waals surface area contributed by atoms with Gasteiger partial charge in [0.2, 0.25) is 0 Å². The number of halogens is 2. The number of aromatic nitrogens is 1. The fourth-order valence-corrected chi connectivity index (χ4v) is 5.03. The third kappa shape index (κ3) is 8.13. The van der Waals surface area contributed by atoms with Crippen molar-refractivity contribution in [1.29, 1.82) is 0 Å². The van der Waals surface area contributed by atoms with Gasteiger partial charge in [0.05, 0.1) is 0 Å². The minimum atomic E-state index is -1.13. The lowest BCUT2D eigenvalue weighted by Crippen LogP contribution is -2.41. The standard InChI is InChI=1S/C30H43F2N3/c1-7-35(20-22(2)3)23(4)28-13-10-25(18-29(28)31)26-9-12-27(33-19-26)11-8-24-14-16-34(17-15-24)21-30(5,6)32/h9-10,12-13,18-19,22,24H,4,7-8,11,14-17,20-21H2,1-3,5-6H3. The molecule has 0 spiro atoms. The molecule has 0 unspecified atom stereocenters. The van der Waals surface area contributed by atoms with Crippen molar-refractivity contribution in [2.75, 3.05) is 32.7 Å². The number of likely N-dealkylation sites (tertiary alicyclic amines) is 1. The average molecular weight is 484 g/mol. The molecule has 3 nitrogen and oxygen atoms in total. The van der Waals surface area contributed by atoms with E-state index >= 15 is 4.39 Å². The molecular formula is C30H43F2N3. The van der Waals surface area contributed by atoms with Crippen LogP contribution in [-0.2, 0) is 6.42 Å². The largest absolute Gasteiger partial charge is 0.371 e. The van der Waals surface area contributed by atoms with Crippen LogP contribution in [0, 0.1) is 17.7 Å². The van der Waals surface area contributed by atoms with Gasteiger partial charge in [0.25, 0.3) is 0 Å². The van der Waals surface area contributed by atoms with Crippen molar-refractivity contribution in [3.63, 3.8) is 0 Å². The third-order valence-corrected chi connectivity index (χ3v) is 6.90. The lowest BCUT2D eigenvalue weighted by Gasteiger charge is -2.34. The van der Waals surface area contributed by atoms with Gasteiger partial charge < -0.3 is 9.80 Å². The van der Waals surface area contributed by atoms with Crippen LogP contribution in [0.5, 0.6) is 0 Å². The van der Waals surface area contributed by atoms with Gasteiger partial charge in [0.1, 0.15) is 11.5 Å². The Morgan fingerprint density at radius 1 is 1.17 bits per heavy atom. The molecule has 0 radical (unpaired) electrons. The summed E-state index contributed by atoms with van der Waals surface area (Å²) >= 11 is 0. The Morgan fingerprint density at radius 3 is 2.40 bits per heavy atom. The van der Waals surface area contributed by atoms with Crippen LogP contribution in [-0.4, -0.2) is 53.2 Å². The second kappa shape index (κ2) is 12.1. The minimum absolute atomic E-state index is 0.249. The highest BCUT2D eigenvalue weighted by atomic mass is 19.1. The first-order valence-corrected chi connectivity index (χ1v) is 13.2. The molecular weight excluding hydrogens is 440 g/mol. The highest BCUT2D eigenvalue weighted by molar-refractivity contribution is 5.69. The first kappa shape index (κ1) is 27.3. The topological polar surface area (TPSA) is 19.4 Å². The Kier molecular flexibility index (Phi) is 9.46. The van der Waals surface area contributed by atoms with E-state index in [1.807, 2.05) is 24.4 Å². The van der Waals surface area contributed by atoms with Gasteiger partial charge in [-0.2, -0.15) is 0 Å². The van der Waals surface area contributed by atoms with E-state index in [1.165, 1.54) is 0 Å². The van der Waals surface area contributed by atoms with Gasteiger partial charge in [0.15, 0.2) is 0 Å². The van der Waals surface area contributed by atoms with Crippen molar-refractivity contribution in [1.82, 2.24) is 14.8 Å². The zero-order chi connectivity index (χ0) is 25.6. The van der Waals surface area contributed by atoms with Crippen molar-refractivity contribution < 1.29 is 8.78 Å². The van der Waals surface area contributed by atoms with Crippen LogP contribution in [0.3, 0.4) is 0 Å². The lowest BCUT2D eigenvalue weighted by molar-refractivity contribution is 0.0942. The molecule has 3 rings (SSSR count). The van der Waals surface area contributed by atoms with E-state index in [2.05, 4.69) is 48.2 Å². The normalized spacial score (nSPS) is 15.5. The maximum absolute atomic E-state index is 15.0. The Balaban J connectivity index is 1.55. The Bertz CT molecular complexity index is 955. The molecule has 1 saturated heterocycles. The summed E-state index contributed by atoms with van der Waals surface area (Å²) in [5.41, 5.74) is 2.98. The number of hydrogen-bond donors (Lipinski definition) is 0. The molecule has 192 valence electrons. The molecule has 0 amide bonds. The third-order valence-electron chi connectivity index (χ3n) is 6.90. The van der Waals surface area contributed by atoms with Crippen LogP contribution in [0.4, 0.5) is 8.78 Å². The van der Waals surface area contributed by atoms with Crippen molar-refractivity contribution in [2.24, 2.45) is 11.8 Å². The number of nitrogens with zero attached hydrogens (tertiary/aromatic N) is 3. The van der Waals surface area contributed by atoms with E-state index in [4.69, 9.17) is 0 Å². The van der Waals surface area contributed by atoms with Gasteiger partial charge in [-0.15, -0.1) is 0 Å². The molecule has 1 aliphatic heterocycles. The van der Waals surface area contributed by atoms with Crippen molar-refractivity contribution >= 4 is 5.70 Å². The molecule has 5 heteroatoms. The number of hydrogen-bond acceptors (Lipinski definition) is 3. The van der Waals surface area contributed by atoms with E-state index in [0.717, 1.165) is 74.4 Å². The van der Waals surface area contributed by atoms with Crippen molar-refractivity contribution in [3.8, 4) is 11.1 Å². The maximum atomic E-state index is 15.0. The number of piperidine rings is 1. The zero-order valence-corrected chi connectivity index (χ0v) is 22.3. The zero-order valence-electron chi connectivity index (χ0n) is 22.3. The molecule has 2 heterocycles. The van der Waals surface area contributed by atoms with Gasteiger partial charge in [0, 0.05) is 48.3 Å². The summed E-state index contributed by atoms with van der Waals surface area (Å²) in [5, 5.41) is 0. The summed E-state index contributed by atoms with van der Waals surface area (Å²) in [7, 11) is 0. The van der Waals surface area contributed by atoms with Gasteiger partial charge >= 0.3 is 0 Å². The molecule has 0 atom stereocenters. The summed E-state index contributed by atoms with van der Waals surface area (Å²) in [6.07, 6.45) is 6.14. The summed E-state index contributed by atoms with van der Waals surface area (Å²) in [6, 6.07) is 9.47. The second-order valence-corrected chi connectivity index (χ2v) is 11.1. The molecule has 0 bridgehead atoms. The SMILES string of the molecule is C=C(c1ccc(-c2ccc(CCC3CCN(CC(C)(C)F)CC3)nc2)cc1F)N(CC)CC(C)C. The Morgan fingerprint density at radius 2 is 1.86 bits per heavy atom. The van der Waals surface area contributed by atoms with Gasteiger partial charge in [-0.05, 0) is 95.1 Å². The maximum Gasteiger partial charge on any atom is 0.133 e. The quantitative estimate of drug-likeness (QED) is 0.336. The van der Waals surface area contributed by atoms with Crippen LogP contribution in [0.15, 0.2) is 43.1 Å². The van der Waals surface area contributed by atoms with Gasteiger partial charge in [-0.3, -0.25) is 4.98 Å². The van der Waals surface area contributed by atoms with Gasteiger partial charge in [-0.1, -0.05) is 32.6 Å². The fraction of sp³-hybridized carbons (Fsp3) is 0.567. The molecule has 1 aromatic heterocycles. The predicted molar refractivity (Wildman–Crippen MR) is 143 cm³/mol.